The highest BCUT2D eigenvalue weighted by Gasteiger charge is 2.53. The Balaban J connectivity index is 1.27. The summed E-state index contributed by atoms with van der Waals surface area (Å²) in [5.41, 5.74) is 2.93. The first kappa shape index (κ1) is 28.7. The van der Waals surface area contributed by atoms with E-state index in [4.69, 9.17) is 40.6 Å². The number of rotatable bonds is 6. The van der Waals surface area contributed by atoms with Crippen molar-refractivity contribution < 1.29 is 38.0 Å². The van der Waals surface area contributed by atoms with Gasteiger partial charge >= 0.3 is 5.97 Å². The van der Waals surface area contributed by atoms with Crippen LogP contribution in [0.5, 0.6) is 28.7 Å². The zero-order chi connectivity index (χ0) is 31.2. The van der Waals surface area contributed by atoms with Crippen molar-refractivity contribution >= 4 is 40.0 Å². The van der Waals surface area contributed by atoms with E-state index < -0.39 is 17.9 Å². The zero-order valence-corrected chi connectivity index (χ0v) is 25.6. The standard InChI is InChI=1S/C34H30N2O8S/c1-39-26-11-20(12-27(40-2)31(26)41-3)28-21-13-24-25(44-16-43-24)14-22(21)30(23-15-42-33(38)29(23)28)35-34(45)36-32(37)19-9-8-17-6-4-5-7-18(17)10-19/h4-14,23,28-30H,15-16H2,1-3H3,(H2,35,36,37,45)/t23-,28+,29-,30+/m0/s1. The Labute approximate surface area is 264 Å². The van der Waals surface area contributed by atoms with E-state index in [1.54, 1.807) is 27.4 Å². The number of benzene rings is 4. The predicted molar refractivity (Wildman–Crippen MR) is 168 cm³/mol. The van der Waals surface area contributed by atoms with Crippen LogP contribution in [-0.2, 0) is 9.53 Å². The van der Waals surface area contributed by atoms with Crippen LogP contribution in [0.1, 0.15) is 39.0 Å². The largest absolute Gasteiger partial charge is 0.493 e. The van der Waals surface area contributed by atoms with E-state index in [0.717, 1.165) is 27.5 Å². The highest BCUT2D eigenvalue weighted by molar-refractivity contribution is 7.80. The van der Waals surface area contributed by atoms with Gasteiger partial charge in [-0.1, -0.05) is 30.3 Å². The predicted octanol–water partition coefficient (Wildman–Crippen LogP) is 4.87. The van der Waals surface area contributed by atoms with Gasteiger partial charge < -0.3 is 33.7 Å². The first-order valence-electron chi connectivity index (χ1n) is 14.4. The Morgan fingerprint density at radius 1 is 0.844 bits per heavy atom. The Morgan fingerprint density at radius 3 is 2.22 bits per heavy atom. The molecule has 1 fully saturated rings. The third-order valence-corrected chi connectivity index (χ3v) is 8.98. The smallest absolute Gasteiger partial charge is 0.310 e. The van der Waals surface area contributed by atoms with Gasteiger partial charge in [0.2, 0.25) is 12.5 Å². The Kier molecular flexibility index (Phi) is 7.33. The summed E-state index contributed by atoms with van der Waals surface area (Å²) < 4.78 is 34.0. The number of carbonyl (C=O) groups is 2. The van der Waals surface area contributed by atoms with Crippen LogP contribution in [-0.4, -0.2) is 51.7 Å². The van der Waals surface area contributed by atoms with E-state index in [9.17, 15) is 9.59 Å². The van der Waals surface area contributed by atoms with Crippen LogP contribution in [0.2, 0.25) is 0 Å². The summed E-state index contributed by atoms with van der Waals surface area (Å²) in [5.74, 6) is 0.503. The van der Waals surface area contributed by atoms with Gasteiger partial charge in [0.25, 0.3) is 5.91 Å². The summed E-state index contributed by atoms with van der Waals surface area (Å²) in [6.45, 7) is 0.248. The molecular weight excluding hydrogens is 596 g/mol. The van der Waals surface area contributed by atoms with Crippen molar-refractivity contribution in [3.8, 4) is 28.7 Å². The van der Waals surface area contributed by atoms with E-state index in [1.165, 1.54) is 0 Å². The van der Waals surface area contributed by atoms with Gasteiger partial charge in [0.15, 0.2) is 28.1 Å². The zero-order valence-electron chi connectivity index (χ0n) is 24.7. The van der Waals surface area contributed by atoms with Crippen molar-refractivity contribution in [2.45, 2.75) is 12.0 Å². The number of ether oxygens (including phenoxy) is 6. The van der Waals surface area contributed by atoms with Gasteiger partial charge in [-0.05, 0) is 76.1 Å². The average Bonchev–Trinajstić information content (AvgIpc) is 3.69. The van der Waals surface area contributed by atoms with E-state index in [0.29, 0.717) is 34.3 Å². The summed E-state index contributed by atoms with van der Waals surface area (Å²) in [4.78, 5) is 26.7. The van der Waals surface area contributed by atoms with Crippen LogP contribution >= 0.6 is 12.2 Å². The Morgan fingerprint density at radius 2 is 1.53 bits per heavy atom. The van der Waals surface area contributed by atoms with Gasteiger partial charge in [-0.2, -0.15) is 0 Å². The molecule has 4 atom stereocenters. The molecule has 7 rings (SSSR count). The summed E-state index contributed by atoms with van der Waals surface area (Å²) in [5, 5.41) is 8.27. The third kappa shape index (κ3) is 4.93. The molecule has 0 aromatic heterocycles. The van der Waals surface area contributed by atoms with E-state index in [1.807, 2.05) is 60.7 Å². The lowest BCUT2D eigenvalue weighted by Gasteiger charge is -2.40. The molecule has 2 heterocycles. The van der Waals surface area contributed by atoms with Gasteiger partial charge in [0.1, 0.15) is 0 Å². The number of hydrogen-bond donors (Lipinski definition) is 2. The SMILES string of the molecule is COc1cc([C@@H]2c3cc4c(cc3[C@@H](NC(=S)NC(=O)c3ccc5ccccc5c3)[C@H]3COC(=O)[C@H]23)OCO4)cc(OC)c1OC. The number of cyclic esters (lactones) is 1. The number of nitrogens with one attached hydrogen (secondary N) is 2. The molecule has 0 unspecified atom stereocenters. The fourth-order valence-corrected chi connectivity index (χ4v) is 6.93. The van der Waals surface area contributed by atoms with Crippen LogP contribution in [0, 0.1) is 11.8 Å². The van der Waals surface area contributed by atoms with Gasteiger partial charge in [0.05, 0.1) is 39.9 Å². The van der Waals surface area contributed by atoms with Crippen LogP contribution in [0.4, 0.5) is 0 Å². The molecule has 2 aliphatic heterocycles. The minimum atomic E-state index is -0.586. The molecule has 3 aliphatic rings. The average molecular weight is 627 g/mol. The molecule has 1 amide bonds. The molecule has 230 valence electrons. The number of amides is 1. The topological polar surface area (TPSA) is 114 Å². The number of carbonyl (C=O) groups excluding carboxylic acids is 2. The van der Waals surface area contributed by atoms with Crippen molar-refractivity contribution in [2.24, 2.45) is 11.8 Å². The molecule has 4 aromatic rings. The maximum Gasteiger partial charge on any atom is 0.310 e. The number of fused-ring (bicyclic) bond motifs is 4. The number of thiocarbonyl (C=S) groups is 1. The molecule has 4 aromatic carbocycles. The molecule has 0 bridgehead atoms. The molecule has 1 saturated heterocycles. The van der Waals surface area contributed by atoms with Gasteiger partial charge in [-0.15, -0.1) is 0 Å². The summed E-state index contributed by atoms with van der Waals surface area (Å²) in [6.07, 6.45) is 0. The first-order chi connectivity index (χ1) is 21.9. The molecule has 0 radical (unpaired) electrons. The lowest BCUT2D eigenvalue weighted by molar-refractivity contribution is -0.141. The molecule has 2 N–H and O–H groups in total. The van der Waals surface area contributed by atoms with Gasteiger partial charge in [0, 0.05) is 17.4 Å². The fraction of sp³-hybridized carbons (Fsp3) is 0.265. The van der Waals surface area contributed by atoms with Crippen molar-refractivity contribution in [3.05, 3.63) is 89.0 Å². The third-order valence-electron chi connectivity index (χ3n) is 8.76. The fourth-order valence-electron chi connectivity index (χ4n) is 6.71. The molecule has 0 spiro atoms. The Hall–Kier alpha value is -5.03. The second-order valence-electron chi connectivity index (χ2n) is 11.1. The normalized spacial score (nSPS) is 20.9. The quantitative estimate of drug-likeness (QED) is 0.227. The minimum Gasteiger partial charge on any atom is -0.493 e. The van der Waals surface area contributed by atoms with Gasteiger partial charge in [-0.25, -0.2) is 0 Å². The lowest BCUT2D eigenvalue weighted by Crippen LogP contribution is -2.47. The molecule has 45 heavy (non-hydrogen) atoms. The number of hydrogen-bond acceptors (Lipinski definition) is 9. The van der Waals surface area contributed by atoms with Gasteiger partial charge in [-0.3, -0.25) is 14.9 Å². The van der Waals surface area contributed by atoms with Crippen molar-refractivity contribution in [1.29, 1.82) is 0 Å². The van der Waals surface area contributed by atoms with Crippen molar-refractivity contribution in [2.75, 3.05) is 34.7 Å². The van der Waals surface area contributed by atoms with E-state index in [-0.39, 0.29) is 36.3 Å². The van der Waals surface area contributed by atoms with E-state index in [2.05, 4.69) is 10.6 Å². The van der Waals surface area contributed by atoms with Crippen LogP contribution in [0.15, 0.2) is 66.7 Å². The molecular formula is C34H30N2O8S. The van der Waals surface area contributed by atoms with E-state index >= 15 is 0 Å². The van der Waals surface area contributed by atoms with Crippen LogP contribution < -0.4 is 34.3 Å². The summed E-state index contributed by atoms with van der Waals surface area (Å²) in [7, 11) is 4.64. The molecule has 11 heteroatoms. The highest BCUT2D eigenvalue weighted by atomic mass is 32.1. The highest BCUT2D eigenvalue weighted by Crippen LogP contribution is 2.55. The summed E-state index contributed by atoms with van der Waals surface area (Å²) in [6, 6.07) is 20.3. The molecule has 10 nitrogen and oxygen atoms in total. The maximum atomic E-state index is 13.5. The Bertz CT molecular complexity index is 1830. The monoisotopic (exact) mass is 626 g/mol. The van der Waals surface area contributed by atoms with Crippen LogP contribution in [0.25, 0.3) is 10.8 Å². The second-order valence-corrected chi connectivity index (χ2v) is 11.5. The maximum absolute atomic E-state index is 13.5. The molecule has 1 aliphatic carbocycles. The number of esters is 1. The first-order valence-corrected chi connectivity index (χ1v) is 14.8. The lowest BCUT2D eigenvalue weighted by atomic mass is 9.65. The number of methoxy groups -OCH3 is 3. The summed E-state index contributed by atoms with van der Waals surface area (Å²) >= 11 is 5.67. The van der Waals surface area contributed by atoms with Crippen molar-refractivity contribution in [1.82, 2.24) is 10.6 Å². The van der Waals surface area contributed by atoms with Crippen molar-refractivity contribution in [3.63, 3.8) is 0 Å². The van der Waals surface area contributed by atoms with Crippen LogP contribution in [0.3, 0.4) is 0 Å². The second kappa shape index (κ2) is 11.5. The molecule has 0 saturated carbocycles. The minimum absolute atomic E-state index is 0.0836.